The van der Waals surface area contributed by atoms with Crippen molar-refractivity contribution in [2.24, 2.45) is 0 Å². The van der Waals surface area contributed by atoms with Crippen molar-refractivity contribution >= 4 is 5.69 Å². The van der Waals surface area contributed by atoms with Crippen LogP contribution < -0.4 is 15.2 Å². The van der Waals surface area contributed by atoms with E-state index in [2.05, 4.69) is 9.97 Å². The van der Waals surface area contributed by atoms with Crippen molar-refractivity contribution in [1.29, 1.82) is 0 Å². The molecule has 14 heavy (non-hydrogen) atoms. The Morgan fingerprint density at radius 3 is 2.29 bits per heavy atom. The Kier molecular flexibility index (Phi) is 2.78. The van der Waals surface area contributed by atoms with E-state index >= 15 is 0 Å². The van der Waals surface area contributed by atoms with Crippen molar-refractivity contribution in [3.63, 3.8) is 0 Å². The molecule has 0 saturated carbocycles. The summed E-state index contributed by atoms with van der Waals surface area (Å²) in [5.41, 5.74) is 5.71. The normalized spacial score (nSPS) is 11.1. The third-order valence-electron chi connectivity index (χ3n) is 1.41. The predicted octanol–water partition coefficient (Wildman–Crippen LogP) is 1.24. The highest BCUT2D eigenvalue weighted by Crippen LogP contribution is 2.28. The van der Waals surface area contributed by atoms with Crippen LogP contribution in [0, 0.1) is 0 Å². The van der Waals surface area contributed by atoms with E-state index in [0.29, 0.717) is 17.4 Å². The predicted molar refractivity (Wildman–Crippen MR) is 53.4 cm³/mol. The molecule has 1 rings (SSSR count). The molecule has 0 amide bonds. The fourth-order valence-corrected chi connectivity index (χ4v) is 0.898. The number of rotatable bonds is 2. The van der Waals surface area contributed by atoms with Gasteiger partial charge in [-0.25, -0.2) is 0 Å². The Balaban J connectivity index is 2.98. The van der Waals surface area contributed by atoms with Gasteiger partial charge >= 0.3 is 0 Å². The number of aromatic nitrogens is 2. The van der Waals surface area contributed by atoms with Gasteiger partial charge in [0.25, 0.3) is 0 Å². The van der Waals surface area contributed by atoms with E-state index in [1.807, 2.05) is 20.8 Å². The topological polar surface area (TPSA) is 70.3 Å². The van der Waals surface area contributed by atoms with Crippen LogP contribution in [0.25, 0.3) is 0 Å². The molecule has 0 aromatic carbocycles. The number of nitrogens with zero attached hydrogens (tertiary/aromatic N) is 2. The lowest BCUT2D eigenvalue weighted by atomic mass is 10.2. The molecule has 78 valence electrons. The zero-order valence-electron chi connectivity index (χ0n) is 8.87. The number of nitrogen functional groups attached to an aromatic ring is 1. The van der Waals surface area contributed by atoms with Crippen LogP contribution in [0.3, 0.4) is 0 Å². The lowest BCUT2D eigenvalue weighted by molar-refractivity contribution is 0.124. The summed E-state index contributed by atoms with van der Waals surface area (Å²) in [6.07, 6.45) is 1.36. The van der Waals surface area contributed by atoms with Crippen LogP contribution in [0.4, 0.5) is 5.69 Å². The van der Waals surface area contributed by atoms with Gasteiger partial charge in [0.2, 0.25) is 11.8 Å². The van der Waals surface area contributed by atoms with Crippen LogP contribution in [0.15, 0.2) is 6.33 Å². The Bertz CT molecular complexity index is 320. The fraction of sp³-hybridized carbons (Fsp3) is 0.556. The largest absolute Gasteiger partial charge is 0.479 e. The highest BCUT2D eigenvalue weighted by molar-refractivity contribution is 5.55. The van der Waals surface area contributed by atoms with Crippen molar-refractivity contribution in [3.05, 3.63) is 6.33 Å². The quantitative estimate of drug-likeness (QED) is 0.772. The van der Waals surface area contributed by atoms with Crippen LogP contribution >= 0.6 is 0 Å². The molecule has 5 heteroatoms. The van der Waals surface area contributed by atoms with Gasteiger partial charge in [-0.15, -0.1) is 0 Å². The molecule has 0 bridgehead atoms. The Morgan fingerprint density at radius 1 is 1.21 bits per heavy atom. The molecular formula is C9H15N3O2. The maximum atomic E-state index is 5.73. The van der Waals surface area contributed by atoms with E-state index < -0.39 is 0 Å². The number of anilines is 1. The maximum absolute atomic E-state index is 5.73. The van der Waals surface area contributed by atoms with Gasteiger partial charge in [-0.3, -0.25) is 0 Å². The molecule has 0 saturated heterocycles. The van der Waals surface area contributed by atoms with E-state index in [9.17, 15) is 0 Å². The highest BCUT2D eigenvalue weighted by atomic mass is 16.5. The molecule has 0 spiro atoms. The van der Waals surface area contributed by atoms with Crippen molar-refractivity contribution in [2.45, 2.75) is 26.4 Å². The van der Waals surface area contributed by atoms with Crippen LogP contribution in [0.2, 0.25) is 0 Å². The molecule has 0 fully saturated rings. The van der Waals surface area contributed by atoms with E-state index in [-0.39, 0.29) is 5.60 Å². The smallest absolute Gasteiger partial charge is 0.244 e. The molecule has 0 aliphatic heterocycles. The molecule has 2 N–H and O–H groups in total. The second kappa shape index (κ2) is 3.69. The minimum Gasteiger partial charge on any atom is -0.479 e. The minimum absolute atomic E-state index is 0.324. The summed E-state index contributed by atoms with van der Waals surface area (Å²) < 4.78 is 10.5. The monoisotopic (exact) mass is 197 g/mol. The first kappa shape index (κ1) is 10.6. The van der Waals surface area contributed by atoms with Crippen LogP contribution in [0.5, 0.6) is 11.8 Å². The van der Waals surface area contributed by atoms with Gasteiger partial charge in [0.1, 0.15) is 11.9 Å². The molecule has 1 heterocycles. The zero-order chi connectivity index (χ0) is 10.8. The second-order valence-electron chi connectivity index (χ2n) is 3.82. The Labute approximate surface area is 83.3 Å². The van der Waals surface area contributed by atoms with Crippen LogP contribution in [0.1, 0.15) is 20.8 Å². The number of methoxy groups -OCH3 is 1. The first-order chi connectivity index (χ1) is 6.44. The number of nitrogens with two attached hydrogens (primary N) is 1. The summed E-state index contributed by atoms with van der Waals surface area (Å²) in [6, 6.07) is 0. The molecular weight excluding hydrogens is 182 g/mol. The zero-order valence-corrected chi connectivity index (χ0v) is 8.87. The SMILES string of the molecule is COc1ncnc(OC(C)(C)C)c1N. The first-order valence-electron chi connectivity index (χ1n) is 4.27. The van der Waals surface area contributed by atoms with E-state index in [1.165, 1.54) is 13.4 Å². The van der Waals surface area contributed by atoms with E-state index in [4.69, 9.17) is 15.2 Å². The van der Waals surface area contributed by atoms with Crippen LogP contribution in [-0.4, -0.2) is 22.7 Å². The number of ether oxygens (including phenoxy) is 2. The minimum atomic E-state index is -0.340. The molecule has 5 nitrogen and oxygen atoms in total. The van der Waals surface area contributed by atoms with Crippen molar-refractivity contribution in [2.75, 3.05) is 12.8 Å². The van der Waals surface area contributed by atoms with Gasteiger partial charge in [0, 0.05) is 0 Å². The van der Waals surface area contributed by atoms with Crippen molar-refractivity contribution in [1.82, 2.24) is 9.97 Å². The average Bonchev–Trinajstić information content (AvgIpc) is 2.06. The summed E-state index contributed by atoms with van der Waals surface area (Å²) in [6.45, 7) is 5.75. The summed E-state index contributed by atoms with van der Waals surface area (Å²) in [5, 5.41) is 0. The molecule has 0 atom stereocenters. The van der Waals surface area contributed by atoms with Gasteiger partial charge in [-0.2, -0.15) is 9.97 Å². The van der Waals surface area contributed by atoms with Crippen molar-refractivity contribution < 1.29 is 9.47 Å². The summed E-state index contributed by atoms with van der Waals surface area (Å²) in [5.74, 6) is 0.684. The van der Waals surface area contributed by atoms with E-state index in [1.54, 1.807) is 0 Å². The van der Waals surface area contributed by atoms with Gasteiger partial charge in [-0.05, 0) is 20.8 Å². The summed E-state index contributed by atoms with van der Waals surface area (Å²) in [4.78, 5) is 7.78. The van der Waals surface area contributed by atoms with Gasteiger partial charge in [-0.1, -0.05) is 0 Å². The Morgan fingerprint density at radius 2 is 1.79 bits per heavy atom. The molecule has 0 radical (unpaired) electrons. The Hall–Kier alpha value is -1.52. The third-order valence-corrected chi connectivity index (χ3v) is 1.41. The average molecular weight is 197 g/mol. The summed E-state index contributed by atoms with van der Waals surface area (Å²) >= 11 is 0. The lowest BCUT2D eigenvalue weighted by Crippen LogP contribution is -2.24. The molecule has 0 unspecified atom stereocenters. The number of hydrogen-bond donors (Lipinski definition) is 1. The van der Waals surface area contributed by atoms with E-state index in [0.717, 1.165) is 0 Å². The summed E-state index contributed by atoms with van der Waals surface area (Å²) in [7, 11) is 1.50. The molecule has 0 aliphatic rings. The molecule has 0 aliphatic carbocycles. The van der Waals surface area contributed by atoms with Gasteiger partial charge < -0.3 is 15.2 Å². The molecule has 1 aromatic rings. The van der Waals surface area contributed by atoms with Crippen LogP contribution in [-0.2, 0) is 0 Å². The standard InChI is InChI=1S/C9H15N3O2/c1-9(2,3)14-8-6(10)7(13-4)11-5-12-8/h5H,10H2,1-4H3. The maximum Gasteiger partial charge on any atom is 0.244 e. The van der Waals surface area contributed by atoms with Gasteiger partial charge in [0.15, 0.2) is 5.69 Å². The highest BCUT2D eigenvalue weighted by Gasteiger charge is 2.17. The van der Waals surface area contributed by atoms with Gasteiger partial charge in [0.05, 0.1) is 7.11 Å². The number of hydrogen-bond acceptors (Lipinski definition) is 5. The van der Waals surface area contributed by atoms with Crippen molar-refractivity contribution in [3.8, 4) is 11.8 Å². The second-order valence-corrected chi connectivity index (χ2v) is 3.82. The fourth-order valence-electron chi connectivity index (χ4n) is 0.898. The third kappa shape index (κ3) is 2.48. The molecule has 1 aromatic heterocycles. The lowest BCUT2D eigenvalue weighted by Gasteiger charge is -2.21. The first-order valence-corrected chi connectivity index (χ1v) is 4.27.